The first-order chi connectivity index (χ1) is 13.8. The maximum atomic E-state index is 12.5. The molecule has 2 heterocycles. The quantitative estimate of drug-likeness (QED) is 0.391. The molecule has 0 radical (unpaired) electrons. The van der Waals surface area contributed by atoms with Gasteiger partial charge in [0.25, 0.3) is 5.91 Å². The first-order valence-electron chi connectivity index (χ1n) is 9.03. The third-order valence-corrected chi connectivity index (χ3v) is 3.88. The molecule has 0 atom stereocenters. The minimum absolute atomic E-state index is 0.110. The molecule has 0 aliphatic heterocycles. The van der Waals surface area contributed by atoms with E-state index in [1.165, 1.54) is 7.11 Å². The molecule has 2 aromatic rings. The number of amides is 1. The number of nitrogens with two attached hydrogens (primary N) is 1. The number of anilines is 3. The minimum Gasteiger partial charge on any atom is -0.480 e. The molecule has 2 aromatic heterocycles. The van der Waals surface area contributed by atoms with Crippen LogP contribution in [-0.2, 0) is 4.79 Å². The molecule has 10 nitrogen and oxygen atoms in total. The number of rotatable bonds is 9. The summed E-state index contributed by atoms with van der Waals surface area (Å²) in [4.78, 5) is 25.4. The molecule has 6 N–H and O–H groups in total. The summed E-state index contributed by atoms with van der Waals surface area (Å²) in [6.07, 6.45) is 3.16. The van der Waals surface area contributed by atoms with Gasteiger partial charge in [-0.1, -0.05) is 0 Å². The van der Waals surface area contributed by atoms with Crippen molar-refractivity contribution in [2.75, 3.05) is 31.3 Å². The van der Waals surface area contributed by atoms with Gasteiger partial charge < -0.3 is 31.5 Å². The Balaban J connectivity index is 2.27. The number of hydrogen-bond donors (Lipinski definition) is 5. The standard InChI is InChI=1S/C19H27N7O3/c1-19(2,28)7-9-22-17(27)12(11-20)16-25-14(21-3)10-15(26-16)24-13-6-5-8-23-18(13)29-4/h5-6,8,10-11,28H,7,9,20H2,1-4H3,(H,22,27)(H2,21,24,25,26). The SMILES string of the molecule is CNc1cc(Nc2cccnc2OC)nc(C(=CN)C(=O)NCCC(C)(C)O)n1. The number of carbonyl (C=O) groups excluding carboxylic acids is 1. The summed E-state index contributed by atoms with van der Waals surface area (Å²) in [7, 11) is 3.22. The van der Waals surface area contributed by atoms with Crippen molar-refractivity contribution in [3.63, 3.8) is 0 Å². The van der Waals surface area contributed by atoms with Crippen molar-refractivity contribution in [1.29, 1.82) is 0 Å². The number of aromatic nitrogens is 3. The van der Waals surface area contributed by atoms with Crippen LogP contribution in [0.15, 0.2) is 30.6 Å². The summed E-state index contributed by atoms with van der Waals surface area (Å²) < 4.78 is 5.23. The fourth-order valence-corrected chi connectivity index (χ4v) is 2.38. The van der Waals surface area contributed by atoms with E-state index in [1.807, 2.05) is 0 Å². The third kappa shape index (κ3) is 6.32. The van der Waals surface area contributed by atoms with Gasteiger partial charge in [-0.2, -0.15) is 0 Å². The van der Waals surface area contributed by atoms with E-state index >= 15 is 0 Å². The smallest absolute Gasteiger partial charge is 0.256 e. The zero-order chi connectivity index (χ0) is 21.4. The van der Waals surface area contributed by atoms with Crippen LogP contribution in [0.1, 0.15) is 26.1 Å². The highest BCUT2D eigenvalue weighted by molar-refractivity contribution is 6.18. The molecule has 0 spiro atoms. The largest absolute Gasteiger partial charge is 0.480 e. The summed E-state index contributed by atoms with van der Waals surface area (Å²) in [6, 6.07) is 5.22. The Hall–Kier alpha value is -3.40. The van der Waals surface area contributed by atoms with Crippen LogP contribution in [0.3, 0.4) is 0 Å². The zero-order valence-electron chi connectivity index (χ0n) is 17.0. The number of methoxy groups -OCH3 is 1. The van der Waals surface area contributed by atoms with Crippen LogP contribution in [0, 0.1) is 0 Å². The third-order valence-electron chi connectivity index (χ3n) is 3.88. The van der Waals surface area contributed by atoms with Gasteiger partial charge in [0.15, 0.2) is 5.82 Å². The minimum atomic E-state index is -0.887. The maximum absolute atomic E-state index is 12.5. The van der Waals surface area contributed by atoms with Crippen molar-refractivity contribution in [2.45, 2.75) is 25.9 Å². The number of ether oxygens (including phenoxy) is 1. The van der Waals surface area contributed by atoms with E-state index in [9.17, 15) is 9.90 Å². The Labute approximate surface area is 169 Å². The number of nitrogens with zero attached hydrogens (tertiary/aromatic N) is 3. The Morgan fingerprint density at radius 2 is 2.07 bits per heavy atom. The Morgan fingerprint density at radius 3 is 2.69 bits per heavy atom. The lowest BCUT2D eigenvalue weighted by Gasteiger charge is -2.17. The molecule has 0 aliphatic rings. The first kappa shape index (κ1) is 21.9. The molecule has 2 rings (SSSR count). The van der Waals surface area contributed by atoms with Crippen LogP contribution in [0.4, 0.5) is 17.3 Å². The van der Waals surface area contributed by atoms with E-state index in [1.54, 1.807) is 45.3 Å². The second-order valence-corrected chi connectivity index (χ2v) is 6.80. The number of pyridine rings is 1. The summed E-state index contributed by atoms with van der Waals surface area (Å²) >= 11 is 0. The number of nitrogens with one attached hydrogen (secondary N) is 3. The van der Waals surface area contributed by atoms with Crippen molar-refractivity contribution in [1.82, 2.24) is 20.3 Å². The highest BCUT2D eigenvalue weighted by atomic mass is 16.5. The highest BCUT2D eigenvalue weighted by Crippen LogP contribution is 2.25. The predicted octanol–water partition coefficient (Wildman–Crippen LogP) is 1.24. The van der Waals surface area contributed by atoms with Crippen LogP contribution in [-0.4, -0.2) is 52.3 Å². The molecular formula is C19H27N7O3. The summed E-state index contributed by atoms with van der Waals surface area (Å²) in [5, 5.41) is 18.5. The summed E-state index contributed by atoms with van der Waals surface area (Å²) in [5.74, 6) is 1.02. The molecule has 0 aliphatic carbocycles. The van der Waals surface area contributed by atoms with Gasteiger partial charge in [0.05, 0.1) is 18.3 Å². The Morgan fingerprint density at radius 1 is 1.34 bits per heavy atom. The van der Waals surface area contributed by atoms with Gasteiger partial charge in [0.1, 0.15) is 17.3 Å². The molecule has 0 bridgehead atoms. The molecule has 29 heavy (non-hydrogen) atoms. The van der Waals surface area contributed by atoms with Gasteiger partial charge >= 0.3 is 0 Å². The van der Waals surface area contributed by atoms with E-state index in [0.29, 0.717) is 29.6 Å². The Bertz CT molecular complexity index is 878. The number of carbonyl (C=O) groups is 1. The van der Waals surface area contributed by atoms with E-state index in [2.05, 4.69) is 30.9 Å². The van der Waals surface area contributed by atoms with Gasteiger partial charge in [-0.3, -0.25) is 4.79 Å². The average molecular weight is 401 g/mol. The van der Waals surface area contributed by atoms with Gasteiger partial charge in [-0.05, 0) is 32.4 Å². The van der Waals surface area contributed by atoms with E-state index in [4.69, 9.17) is 10.5 Å². The normalized spacial score (nSPS) is 11.7. The number of aliphatic hydroxyl groups is 1. The monoisotopic (exact) mass is 401 g/mol. The first-order valence-corrected chi connectivity index (χ1v) is 9.03. The van der Waals surface area contributed by atoms with Crippen LogP contribution in [0.2, 0.25) is 0 Å². The lowest BCUT2D eigenvalue weighted by molar-refractivity contribution is -0.115. The molecule has 0 saturated heterocycles. The van der Waals surface area contributed by atoms with Crippen molar-refractivity contribution < 1.29 is 14.6 Å². The maximum Gasteiger partial charge on any atom is 0.256 e. The zero-order valence-corrected chi connectivity index (χ0v) is 17.0. The molecule has 0 aromatic carbocycles. The van der Waals surface area contributed by atoms with E-state index in [-0.39, 0.29) is 17.9 Å². The van der Waals surface area contributed by atoms with Gasteiger partial charge in [-0.15, -0.1) is 0 Å². The second-order valence-electron chi connectivity index (χ2n) is 6.80. The molecule has 10 heteroatoms. The Kier molecular flexibility index (Phi) is 7.32. The fourth-order valence-electron chi connectivity index (χ4n) is 2.38. The van der Waals surface area contributed by atoms with Gasteiger partial charge in [0, 0.05) is 32.1 Å². The fraction of sp³-hybridized carbons (Fsp3) is 0.368. The highest BCUT2D eigenvalue weighted by Gasteiger charge is 2.18. The summed E-state index contributed by atoms with van der Waals surface area (Å²) in [5.41, 5.74) is 5.51. The molecule has 156 valence electrons. The molecule has 0 saturated carbocycles. The van der Waals surface area contributed by atoms with Crippen molar-refractivity contribution in [2.24, 2.45) is 5.73 Å². The summed E-state index contributed by atoms with van der Waals surface area (Å²) in [6.45, 7) is 3.62. The van der Waals surface area contributed by atoms with E-state index < -0.39 is 11.5 Å². The average Bonchev–Trinajstić information content (AvgIpc) is 2.67. The lowest BCUT2D eigenvalue weighted by Crippen LogP contribution is -2.31. The molecular weight excluding hydrogens is 374 g/mol. The molecule has 0 fully saturated rings. The molecule has 1 amide bonds. The number of hydrogen-bond acceptors (Lipinski definition) is 9. The van der Waals surface area contributed by atoms with Crippen molar-refractivity contribution in [3.05, 3.63) is 36.4 Å². The van der Waals surface area contributed by atoms with Crippen LogP contribution >= 0.6 is 0 Å². The predicted molar refractivity (Wildman–Crippen MR) is 112 cm³/mol. The van der Waals surface area contributed by atoms with Crippen molar-refractivity contribution >= 4 is 28.8 Å². The van der Waals surface area contributed by atoms with Crippen molar-refractivity contribution in [3.8, 4) is 5.88 Å². The van der Waals surface area contributed by atoms with Gasteiger partial charge in [0.2, 0.25) is 5.88 Å². The lowest BCUT2D eigenvalue weighted by atomic mass is 10.1. The van der Waals surface area contributed by atoms with E-state index in [0.717, 1.165) is 6.20 Å². The second kappa shape index (κ2) is 9.69. The van der Waals surface area contributed by atoms with Crippen LogP contribution in [0.5, 0.6) is 5.88 Å². The van der Waals surface area contributed by atoms with Gasteiger partial charge in [-0.25, -0.2) is 15.0 Å². The van der Waals surface area contributed by atoms with Crippen LogP contribution in [0.25, 0.3) is 5.57 Å². The molecule has 0 unspecified atom stereocenters. The topological polar surface area (TPSA) is 147 Å². The van der Waals surface area contributed by atoms with Crippen LogP contribution < -0.4 is 26.4 Å².